The Kier molecular flexibility index (Phi) is 3.16. The van der Waals surface area contributed by atoms with Crippen LogP contribution in [0.4, 0.5) is 0 Å². The van der Waals surface area contributed by atoms with Gasteiger partial charge >= 0.3 is 6.01 Å². The molecule has 82 valence electrons. The molecule has 15 heavy (non-hydrogen) atoms. The molecular formula is C11H17N3O. The van der Waals surface area contributed by atoms with Crippen LogP contribution in [-0.2, 0) is 6.54 Å². The maximum absolute atomic E-state index is 4.92. The van der Waals surface area contributed by atoms with Gasteiger partial charge in [-0.3, -0.25) is 4.90 Å². The Morgan fingerprint density at radius 1 is 1.47 bits per heavy atom. The predicted molar refractivity (Wildman–Crippen MR) is 57.6 cm³/mol. The van der Waals surface area contributed by atoms with Crippen LogP contribution in [-0.4, -0.2) is 35.1 Å². The molecular weight excluding hydrogens is 190 g/mol. The van der Waals surface area contributed by atoms with Gasteiger partial charge in [-0.15, -0.1) is 0 Å². The van der Waals surface area contributed by atoms with Crippen LogP contribution in [0.1, 0.15) is 18.9 Å². The summed E-state index contributed by atoms with van der Waals surface area (Å²) < 4.78 is 4.92. The van der Waals surface area contributed by atoms with Gasteiger partial charge in [0.1, 0.15) is 0 Å². The van der Waals surface area contributed by atoms with Crippen molar-refractivity contribution < 1.29 is 4.74 Å². The van der Waals surface area contributed by atoms with Crippen LogP contribution in [0, 0.1) is 5.92 Å². The topological polar surface area (TPSA) is 38.2 Å². The fraction of sp³-hybridized carbons (Fsp3) is 0.636. The average Bonchev–Trinajstić information content (AvgIpc) is 2.65. The third-order valence-corrected chi connectivity index (χ3v) is 2.78. The number of hydrogen-bond acceptors (Lipinski definition) is 4. The molecule has 2 heterocycles. The highest BCUT2D eigenvalue weighted by atomic mass is 16.5. The minimum atomic E-state index is 0.438. The second-order valence-corrected chi connectivity index (χ2v) is 4.21. The Bertz CT molecular complexity index is 312. The zero-order chi connectivity index (χ0) is 10.7. The van der Waals surface area contributed by atoms with Crippen molar-refractivity contribution in [2.75, 3.05) is 20.2 Å². The minimum absolute atomic E-state index is 0.438. The van der Waals surface area contributed by atoms with E-state index in [0.717, 1.165) is 18.0 Å². The minimum Gasteiger partial charge on any atom is -0.467 e. The molecule has 1 aliphatic heterocycles. The lowest BCUT2D eigenvalue weighted by Crippen LogP contribution is -2.19. The van der Waals surface area contributed by atoms with Crippen LogP contribution in [0.5, 0.6) is 6.01 Å². The first-order valence-electron chi connectivity index (χ1n) is 5.35. The normalized spacial score (nSPS) is 21.9. The standard InChI is InChI=1S/C11H17N3O/c1-9-3-4-14(7-9)8-10-5-12-11(15-2)13-6-10/h5-6,9H,3-4,7-8H2,1-2H3. The highest BCUT2D eigenvalue weighted by Crippen LogP contribution is 2.17. The molecule has 0 bridgehead atoms. The number of nitrogens with zero attached hydrogens (tertiary/aromatic N) is 3. The molecule has 1 saturated heterocycles. The molecule has 0 spiro atoms. The smallest absolute Gasteiger partial charge is 0.316 e. The van der Waals surface area contributed by atoms with E-state index in [-0.39, 0.29) is 0 Å². The maximum Gasteiger partial charge on any atom is 0.316 e. The van der Waals surface area contributed by atoms with Crippen molar-refractivity contribution in [3.8, 4) is 6.01 Å². The lowest BCUT2D eigenvalue weighted by Gasteiger charge is -2.14. The van der Waals surface area contributed by atoms with E-state index >= 15 is 0 Å². The van der Waals surface area contributed by atoms with Crippen molar-refractivity contribution in [3.05, 3.63) is 18.0 Å². The fourth-order valence-electron chi connectivity index (χ4n) is 1.96. The quantitative estimate of drug-likeness (QED) is 0.749. The maximum atomic E-state index is 4.92. The molecule has 0 aliphatic carbocycles. The monoisotopic (exact) mass is 207 g/mol. The van der Waals surface area contributed by atoms with Gasteiger partial charge in [0.2, 0.25) is 0 Å². The van der Waals surface area contributed by atoms with Gasteiger partial charge in [-0.25, -0.2) is 9.97 Å². The first-order chi connectivity index (χ1) is 7.28. The SMILES string of the molecule is COc1ncc(CN2CCC(C)C2)cn1. The summed E-state index contributed by atoms with van der Waals surface area (Å²) in [6, 6.07) is 0.438. The predicted octanol–water partition coefficient (Wildman–Crippen LogP) is 1.33. The zero-order valence-electron chi connectivity index (χ0n) is 9.31. The van der Waals surface area contributed by atoms with E-state index in [1.165, 1.54) is 19.5 Å². The second kappa shape index (κ2) is 4.57. The third-order valence-electron chi connectivity index (χ3n) is 2.78. The molecule has 1 aliphatic rings. The van der Waals surface area contributed by atoms with Crippen molar-refractivity contribution in [2.45, 2.75) is 19.9 Å². The molecule has 1 aromatic rings. The molecule has 0 N–H and O–H groups in total. The third kappa shape index (κ3) is 2.65. The van der Waals surface area contributed by atoms with Gasteiger partial charge in [-0.1, -0.05) is 6.92 Å². The number of rotatable bonds is 3. The lowest BCUT2D eigenvalue weighted by atomic mass is 10.2. The summed E-state index contributed by atoms with van der Waals surface area (Å²) in [6.07, 6.45) is 4.99. The number of likely N-dealkylation sites (tertiary alicyclic amines) is 1. The van der Waals surface area contributed by atoms with Gasteiger partial charge < -0.3 is 4.74 Å². The summed E-state index contributed by atoms with van der Waals surface area (Å²) in [5.41, 5.74) is 1.16. The van der Waals surface area contributed by atoms with Gasteiger partial charge in [0.15, 0.2) is 0 Å². The molecule has 0 aromatic carbocycles. The van der Waals surface area contributed by atoms with Gasteiger partial charge in [-0.2, -0.15) is 0 Å². The summed E-state index contributed by atoms with van der Waals surface area (Å²) in [5.74, 6) is 0.823. The van der Waals surface area contributed by atoms with E-state index in [2.05, 4.69) is 21.8 Å². The molecule has 4 nitrogen and oxygen atoms in total. The molecule has 0 radical (unpaired) electrons. The van der Waals surface area contributed by atoms with E-state index in [0.29, 0.717) is 6.01 Å². The molecule has 1 fully saturated rings. The fourth-order valence-corrected chi connectivity index (χ4v) is 1.96. The Balaban J connectivity index is 1.93. The molecule has 1 unspecified atom stereocenters. The Labute approximate surface area is 90.3 Å². The molecule has 0 amide bonds. The van der Waals surface area contributed by atoms with E-state index in [1.807, 2.05) is 12.4 Å². The number of hydrogen-bond donors (Lipinski definition) is 0. The van der Waals surface area contributed by atoms with Gasteiger partial charge in [-0.05, 0) is 18.9 Å². The van der Waals surface area contributed by atoms with Crippen LogP contribution in [0.25, 0.3) is 0 Å². The van der Waals surface area contributed by atoms with E-state index in [1.54, 1.807) is 7.11 Å². The summed E-state index contributed by atoms with van der Waals surface area (Å²) in [6.45, 7) is 5.62. The first kappa shape index (κ1) is 10.4. The van der Waals surface area contributed by atoms with E-state index < -0.39 is 0 Å². The Hall–Kier alpha value is -1.16. The Morgan fingerprint density at radius 3 is 2.73 bits per heavy atom. The van der Waals surface area contributed by atoms with Gasteiger partial charge in [0.25, 0.3) is 0 Å². The zero-order valence-corrected chi connectivity index (χ0v) is 9.31. The van der Waals surface area contributed by atoms with Gasteiger partial charge in [0, 0.05) is 31.0 Å². The highest BCUT2D eigenvalue weighted by Gasteiger charge is 2.18. The average molecular weight is 207 g/mol. The summed E-state index contributed by atoms with van der Waals surface area (Å²) in [5, 5.41) is 0. The molecule has 4 heteroatoms. The summed E-state index contributed by atoms with van der Waals surface area (Å²) >= 11 is 0. The van der Waals surface area contributed by atoms with Crippen LogP contribution in [0.2, 0.25) is 0 Å². The highest BCUT2D eigenvalue weighted by molar-refractivity contribution is 5.07. The number of ether oxygens (including phenoxy) is 1. The number of methoxy groups -OCH3 is 1. The van der Waals surface area contributed by atoms with Crippen LogP contribution in [0.3, 0.4) is 0 Å². The van der Waals surface area contributed by atoms with E-state index in [4.69, 9.17) is 4.74 Å². The summed E-state index contributed by atoms with van der Waals surface area (Å²) in [4.78, 5) is 10.6. The molecule has 1 atom stereocenters. The van der Waals surface area contributed by atoms with Crippen molar-refractivity contribution in [1.29, 1.82) is 0 Å². The molecule has 0 saturated carbocycles. The van der Waals surface area contributed by atoms with Crippen molar-refractivity contribution in [3.63, 3.8) is 0 Å². The molecule has 2 rings (SSSR count). The first-order valence-corrected chi connectivity index (χ1v) is 5.35. The second-order valence-electron chi connectivity index (χ2n) is 4.21. The van der Waals surface area contributed by atoms with Crippen LogP contribution in [0.15, 0.2) is 12.4 Å². The van der Waals surface area contributed by atoms with Crippen LogP contribution >= 0.6 is 0 Å². The van der Waals surface area contributed by atoms with Crippen molar-refractivity contribution >= 4 is 0 Å². The lowest BCUT2D eigenvalue weighted by molar-refractivity contribution is 0.318. The Morgan fingerprint density at radius 2 is 2.20 bits per heavy atom. The molecule has 1 aromatic heterocycles. The number of aromatic nitrogens is 2. The largest absolute Gasteiger partial charge is 0.467 e. The van der Waals surface area contributed by atoms with Crippen LogP contribution < -0.4 is 4.74 Å². The van der Waals surface area contributed by atoms with Crippen molar-refractivity contribution in [2.24, 2.45) is 5.92 Å². The summed E-state index contributed by atoms with van der Waals surface area (Å²) in [7, 11) is 1.58. The van der Waals surface area contributed by atoms with E-state index in [9.17, 15) is 0 Å². The van der Waals surface area contributed by atoms with Gasteiger partial charge in [0.05, 0.1) is 7.11 Å². The van der Waals surface area contributed by atoms with Crippen molar-refractivity contribution in [1.82, 2.24) is 14.9 Å².